The fraction of sp³-hybridized carbons (Fsp3) is 1.00. The van der Waals surface area contributed by atoms with Crippen molar-refractivity contribution in [1.82, 2.24) is 0 Å². The Balaban J connectivity index is 0.000000830. The Morgan fingerprint density at radius 3 is 1.64 bits per heavy atom. The molecule has 1 aliphatic carbocycles. The van der Waals surface area contributed by atoms with Gasteiger partial charge in [-0.3, -0.25) is 9.11 Å². The summed E-state index contributed by atoms with van der Waals surface area (Å²) < 4.78 is 53.8. The zero-order valence-corrected chi connectivity index (χ0v) is 19.8. The van der Waals surface area contributed by atoms with Crippen LogP contribution in [0.3, 0.4) is 0 Å². The largest absolute Gasteiger partial charge is 0.394 e. The molecule has 2 heterocycles. The van der Waals surface area contributed by atoms with Crippen molar-refractivity contribution in [2.24, 2.45) is 22.9 Å². The third kappa shape index (κ3) is 7.68. The minimum atomic E-state index is -4.67. The van der Waals surface area contributed by atoms with E-state index < -0.39 is 103 Å². The molecule has 0 radical (unpaired) electrons. The zero-order chi connectivity index (χ0) is 27.5. The number of rotatable bonds is 6. The second-order valence-electron chi connectivity index (χ2n) is 8.75. The van der Waals surface area contributed by atoms with E-state index in [-0.39, 0.29) is 13.0 Å². The maximum absolute atomic E-state index is 10.9. The number of hydrogen-bond acceptors (Lipinski definition) is 16. The Labute approximate surface area is 206 Å². The molecule has 1 saturated carbocycles. The first-order chi connectivity index (χ1) is 16.6. The molecule has 16 N–H and O–H groups in total. The molecule has 0 spiro atoms. The summed E-state index contributed by atoms with van der Waals surface area (Å²) in [6.45, 7) is -0.646. The predicted octanol–water partition coefficient (Wildman–Crippen LogP) is -7.31. The Hall–Kier alpha value is -0.690. The smallest absolute Gasteiger partial charge is 0.394 e. The fourth-order valence-corrected chi connectivity index (χ4v) is 4.20. The summed E-state index contributed by atoms with van der Waals surface area (Å²) in [4.78, 5) is 0. The normalized spacial score (nSPS) is 47.8. The summed E-state index contributed by atoms with van der Waals surface area (Å²) in [5, 5.41) is 60.3. The third-order valence-electron chi connectivity index (χ3n) is 6.12. The van der Waals surface area contributed by atoms with Crippen LogP contribution in [0.1, 0.15) is 6.42 Å². The van der Waals surface area contributed by atoms with Gasteiger partial charge in [-0.25, -0.2) is 0 Å². The maximum Gasteiger partial charge on any atom is 0.394 e. The van der Waals surface area contributed by atoms with Gasteiger partial charge in [-0.05, 0) is 6.42 Å². The number of hydrogen-bond donors (Lipinski definition) is 12. The van der Waals surface area contributed by atoms with Crippen LogP contribution in [0, 0.1) is 0 Å². The van der Waals surface area contributed by atoms with E-state index in [4.69, 9.17) is 59.4 Å². The molecule has 19 heteroatoms. The van der Waals surface area contributed by atoms with Crippen molar-refractivity contribution >= 4 is 10.4 Å². The standard InChI is InChI=1S/C17H34N4O10.H2O4S/c18-2-6-9(23)12(26)17(28-6)31-15-5(20)1-4(19)14(13(15)27)30-16-8(21)11(25)10(24)7(3-22)29-16;1-5(2,3)4/h4-17,22-27H,1-3,18-21H2;(H2,1,2,3,4)/t4-,5+,6-,7+,8+,9-,10+,11+,12-,13-,14+,15-,16+,17+;/m0./s1. The molecule has 14 atom stereocenters. The molecule has 3 fully saturated rings. The highest BCUT2D eigenvalue weighted by atomic mass is 32.3. The number of nitrogens with two attached hydrogens (primary N) is 4. The van der Waals surface area contributed by atoms with Gasteiger partial charge in [-0.15, -0.1) is 0 Å². The van der Waals surface area contributed by atoms with Crippen LogP contribution < -0.4 is 22.9 Å². The van der Waals surface area contributed by atoms with Gasteiger partial charge in [0.2, 0.25) is 0 Å². The molecule has 3 rings (SSSR count). The Morgan fingerprint density at radius 1 is 0.750 bits per heavy atom. The van der Waals surface area contributed by atoms with Crippen LogP contribution in [0.15, 0.2) is 0 Å². The minimum Gasteiger partial charge on any atom is -0.394 e. The molecule has 0 aromatic rings. The Morgan fingerprint density at radius 2 is 1.19 bits per heavy atom. The van der Waals surface area contributed by atoms with Gasteiger partial charge in [-0.1, -0.05) is 0 Å². The van der Waals surface area contributed by atoms with Gasteiger partial charge in [-0.2, -0.15) is 8.42 Å². The van der Waals surface area contributed by atoms with Crippen LogP contribution in [-0.4, -0.2) is 147 Å². The SMILES string of the molecule is NC[C@@H]1O[C@H](O[C@@H]2[C@@H](O)[C@H](O[C@H]3O[C@H](CO)[C@@H](O)[C@H](O)[C@H]3N)[C@@H](N)C[C@H]2N)[C@@H](O)[C@H]1O.O=S(=O)(O)O. The van der Waals surface area contributed by atoms with Crippen LogP contribution >= 0.6 is 0 Å². The Kier molecular flexibility index (Phi) is 11.3. The van der Waals surface area contributed by atoms with E-state index in [9.17, 15) is 30.6 Å². The number of aliphatic hydroxyl groups excluding tert-OH is 6. The van der Waals surface area contributed by atoms with E-state index in [1.165, 1.54) is 0 Å². The van der Waals surface area contributed by atoms with E-state index in [2.05, 4.69) is 0 Å². The second kappa shape index (κ2) is 12.9. The van der Waals surface area contributed by atoms with E-state index in [1.54, 1.807) is 0 Å². The van der Waals surface area contributed by atoms with E-state index >= 15 is 0 Å². The zero-order valence-electron chi connectivity index (χ0n) is 18.9. The molecule has 2 aliphatic heterocycles. The van der Waals surface area contributed by atoms with Gasteiger partial charge < -0.3 is 72.5 Å². The lowest BCUT2D eigenvalue weighted by molar-refractivity contribution is -0.301. The Bertz CT molecular complexity index is 787. The highest BCUT2D eigenvalue weighted by Crippen LogP contribution is 2.31. The van der Waals surface area contributed by atoms with E-state index in [1.807, 2.05) is 0 Å². The monoisotopic (exact) mass is 552 g/mol. The summed E-state index contributed by atoms with van der Waals surface area (Å²) in [7, 11) is -4.67. The topological polar surface area (TPSA) is 337 Å². The summed E-state index contributed by atoms with van der Waals surface area (Å²) in [5.74, 6) is 0. The van der Waals surface area contributed by atoms with Crippen LogP contribution in [0.2, 0.25) is 0 Å². The van der Waals surface area contributed by atoms with Crippen LogP contribution in [0.4, 0.5) is 0 Å². The van der Waals surface area contributed by atoms with Crippen molar-refractivity contribution in [2.45, 2.75) is 92.1 Å². The summed E-state index contributed by atoms with van der Waals surface area (Å²) in [6, 6.07) is -2.71. The van der Waals surface area contributed by atoms with Gasteiger partial charge in [0.1, 0.15) is 54.9 Å². The van der Waals surface area contributed by atoms with Crippen molar-refractivity contribution in [3.8, 4) is 0 Å². The minimum absolute atomic E-state index is 0.0505. The van der Waals surface area contributed by atoms with Crippen molar-refractivity contribution in [3.63, 3.8) is 0 Å². The second-order valence-corrected chi connectivity index (χ2v) is 9.64. The van der Waals surface area contributed by atoms with Crippen molar-refractivity contribution < 1.29 is 67.1 Å². The first-order valence-electron chi connectivity index (χ1n) is 10.9. The van der Waals surface area contributed by atoms with Gasteiger partial charge >= 0.3 is 10.4 Å². The predicted molar refractivity (Wildman–Crippen MR) is 116 cm³/mol. The van der Waals surface area contributed by atoms with Gasteiger partial charge in [0.25, 0.3) is 0 Å². The average molecular weight is 553 g/mol. The highest BCUT2D eigenvalue weighted by Gasteiger charge is 2.51. The molecule has 2 saturated heterocycles. The summed E-state index contributed by atoms with van der Waals surface area (Å²) in [6.07, 6.45) is -13.6. The lowest BCUT2D eigenvalue weighted by Gasteiger charge is -2.46. The first-order valence-corrected chi connectivity index (χ1v) is 12.3. The average Bonchev–Trinajstić information content (AvgIpc) is 3.05. The van der Waals surface area contributed by atoms with E-state index in [0.717, 1.165) is 0 Å². The molecule has 36 heavy (non-hydrogen) atoms. The number of aliphatic hydroxyl groups is 6. The summed E-state index contributed by atoms with van der Waals surface area (Å²) in [5.41, 5.74) is 23.6. The van der Waals surface area contributed by atoms with Crippen molar-refractivity contribution in [1.29, 1.82) is 0 Å². The quantitative estimate of drug-likeness (QED) is 0.136. The summed E-state index contributed by atoms with van der Waals surface area (Å²) >= 11 is 0. The van der Waals surface area contributed by atoms with Gasteiger partial charge in [0.15, 0.2) is 12.6 Å². The molecule has 3 aliphatic rings. The maximum atomic E-state index is 10.9. The molecular weight excluding hydrogens is 516 g/mol. The van der Waals surface area contributed by atoms with Crippen LogP contribution in [0.25, 0.3) is 0 Å². The van der Waals surface area contributed by atoms with Crippen LogP contribution in [-0.2, 0) is 29.3 Å². The van der Waals surface area contributed by atoms with Gasteiger partial charge in [0, 0.05) is 18.6 Å². The number of ether oxygens (including phenoxy) is 4. The first kappa shape index (κ1) is 31.5. The molecule has 214 valence electrons. The lowest BCUT2D eigenvalue weighted by atomic mass is 9.84. The third-order valence-corrected chi connectivity index (χ3v) is 6.12. The van der Waals surface area contributed by atoms with E-state index in [0.29, 0.717) is 0 Å². The molecule has 0 aromatic carbocycles. The molecule has 18 nitrogen and oxygen atoms in total. The molecule has 0 amide bonds. The molecule has 0 aromatic heterocycles. The van der Waals surface area contributed by atoms with Crippen LogP contribution in [0.5, 0.6) is 0 Å². The van der Waals surface area contributed by atoms with Gasteiger partial charge in [0.05, 0.1) is 12.6 Å². The molecule has 0 unspecified atom stereocenters. The molecule has 0 bridgehead atoms. The van der Waals surface area contributed by atoms with Crippen molar-refractivity contribution in [3.05, 3.63) is 0 Å². The fourth-order valence-electron chi connectivity index (χ4n) is 4.20. The van der Waals surface area contributed by atoms with Crippen molar-refractivity contribution in [2.75, 3.05) is 13.2 Å². The highest BCUT2D eigenvalue weighted by molar-refractivity contribution is 7.79. The lowest BCUT2D eigenvalue weighted by Crippen LogP contribution is -2.67. The molecular formula is C17H36N4O14S.